The fourth-order valence-electron chi connectivity index (χ4n) is 5.95. The van der Waals surface area contributed by atoms with Crippen molar-refractivity contribution in [3.05, 3.63) is 70.8 Å². The van der Waals surface area contributed by atoms with Crippen molar-refractivity contribution in [3.63, 3.8) is 0 Å². The number of aryl methyl sites for hydroxylation is 2. The molecule has 0 saturated carbocycles. The van der Waals surface area contributed by atoms with Crippen molar-refractivity contribution in [3.8, 4) is 0 Å². The number of fused-ring (bicyclic) bond motifs is 6. The molecule has 0 aliphatic carbocycles. The molecule has 4 amide bonds. The number of aliphatic hydroxyl groups excluding tert-OH is 2. The van der Waals surface area contributed by atoms with E-state index in [1.54, 1.807) is 21.1 Å². The monoisotopic (exact) mass is 660 g/mol. The summed E-state index contributed by atoms with van der Waals surface area (Å²) in [4.78, 5) is 52.0. The molecule has 228 valence electrons. The Morgan fingerprint density at radius 3 is 1.51 bits per heavy atom. The van der Waals surface area contributed by atoms with Gasteiger partial charge in [0.2, 0.25) is 4.87 Å². The predicted octanol–water partition coefficient (Wildman–Crippen LogP) is 1.64. The van der Waals surface area contributed by atoms with Crippen LogP contribution in [0.1, 0.15) is 22.3 Å². The quantitative estimate of drug-likeness (QED) is 0.342. The molecule has 4 atom stereocenters. The summed E-state index contributed by atoms with van der Waals surface area (Å²) in [5, 5.41) is 22.4. The number of likely N-dealkylation sites (N-methyl/N-ethyl adjacent to an activating group) is 3. The zero-order valence-corrected chi connectivity index (χ0v) is 27.1. The molecule has 6 aliphatic rings. The zero-order valence-electron chi connectivity index (χ0n) is 23.9. The van der Waals surface area contributed by atoms with Crippen LogP contribution in [0.3, 0.4) is 0 Å². The summed E-state index contributed by atoms with van der Waals surface area (Å²) in [6.45, 7) is -0.877. The van der Waals surface area contributed by atoms with E-state index in [2.05, 4.69) is 17.4 Å². The Labute approximate surface area is 265 Å². The molecule has 6 aliphatic heterocycles. The Bertz CT molecular complexity index is 1490. The highest BCUT2D eigenvalue weighted by Crippen LogP contribution is 2.59. The van der Waals surface area contributed by atoms with Gasteiger partial charge < -0.3 is 30.2 Å². The van der Waals surface area contributed by atoms with Gasteiger partial charge in [-0.3, -0.25) is 19.2 Å². The van der Waals surface area contributed by atoms with E-state index in [1.165, 1.54) is 57.9 Å². The van der Waals surface area contributed by atoms with Gasteiger partial charge in [-0.1, -0.05) is 70.1 Å². The first-order valence-corrected chi connectivity index (χ1v) is 18.1. The molecule has 6 saturated heterocycles. The van der Waals surface area contributed by atoms with Crippen LogP contribution in [0.2, 0.25) is 0 Å². The minimum Gasteiger partial charge on any atom is -0.392 e. The van der Waals surface area contributed by atoms with Crippen molar-refractivity contribution in [2.45, 2.75) is 45.2 Å². The first-order valence-electron chi connectivity index (χ1n) is 13.8. The molecule has 0 spiro atoms. The lowest BCUT2D eigenvalue weighted by molar-refractivity contribution is -0.165. The highest BCUT2D eigenvalue weighted by atomic mass is 33.1. The van der Waals surface area contributed by atoms with Gasteiger partial charge >= 0.3 is 0 Å². The zero-order chi connectivity index (χ0) is 30.8. The number of carbonyl (C=O) groups is 4. The lowest BCUT2D eigenvalue weighted by atomic mass is 9.95. The van der Waals surface area contributed by atoms with Gasteiger partial charge in [0.05, 0.1) is 13.2 Å². The third-order valence-electron chi connectivity index (χ3n) is 8.94. The van der Waals surface area contributed by atoms with Crippen LogP contribution in [-0.4, -0.2) is 102 Å². The summed E-state index contributed by atoms with van der Waals surface area (Å²) < 4.78 is 0. The topological polar surface area (TPSA) is 130 Å². The summed E-state index contributed by atoms with van der Waals surface area (Å²) in [5.41, 5.74) is 4.18. The van der Waals surface area contributed by atoms with Gasteiger partial charge in [-0.15, -0.1) is 0 Å². The van der Waals surface area contributed by atoms with Gasteiger partial charge in [0.25, 0.3) is 23.6 Å². The molecule has 0 aromatic heterocycles. The van der Waals surface area contributed by atoms with Gasteiger partial charge in [-0.25, -0.2) is 0 Å². The number of benzene rings is 2. The minimum atomic E-state index is -1.30. The summed E-state index contributed by atoms with van der Waals surface area (Å²) in [6.07, 6.45) is 2.36. The maximum absolute atomic E-state index is 13.3. The Morgan fingerprint density at radius 2 is 1.00 bits per heavy atom. The van der Waals surface area contributed by atoms with Gasteiger partial charge in [0, 0.05) is 34.0 Å². The molecule has 4 bridgehead atoms. The molecule has 10 nitrogen and oxygen atoms in total. The van der Waals surface area contributed by atoms with E-state index in [1.807, 2.05) is 36.4 Å². The van der Waals surface area contributed by atoms with E-state index >= 15 is 0 Å². The number of rotatable bonds is 9. The van der Waals surface area contributed by atoms with Gasteiger partial charge in [0.15, 0.2) is 14.6 Å². The van der Waals surface area contributed by atoms with Crippen LogP contribution in [0.15, 0.2) is 48.5 Å². The maximum atomic E-state index is 13.3. The van der Waals surface area contributed by atoms with Crippen molar-refractivity contribution < 1.29 is 29.4 Å². The fraction of sp³-hybridized carbons (Fsp3) is 0.448. The molecule has 14 heteroatoms. The SMILES string of the molecule is CN1C(=O)[C@@]2(CO)NC(=O)[C@]1(Cc1ccc(CCc3ccc(C[C@@]45SS[C@@](CO)(C(=O)N4C)N(C)C5=O)cc3)cc1)SS2. The number of nitrogens with one attached hydrogen (secondary N) is 1. The van der Waals surface area contributed by atoms with Crippen LogP contribution in [0.5, 0.6) is 0 Å². The molecule has 0 unspecified atom stereocenters. The van der Waals surface area contributed by atoms with E-state index in [0.717, 1.165) is 35.1 Å². The summed E-state index contributed by atoms with van der Waals surface area (Å²) in [5.74, 6) is -0.998. The van der Waals surface area contributed by atoms with Crippen LogP contribution >= 0.6 is 43.2 Å². The smallest absolute Gasteiger partial charge is 0.263 e. The van der Waals surface area contributed by atoms with E-state index in [9.17, 15) is 29.4 Å². The van der Waals surface area contributed by atoms with Crippen molar-refractivity contribution >= 4 is 66.8 Å². The molecule has 6 fully saturated rings. The van der Waals surface area contributed by atoms with Crippen LogP contribution in [0.4, 0.5) is 0 Å². The number of amides is 4. The average molecular weight is 661 g/mol. The highest BCUT2D eigenvalue weighted by molar-refractivity contribution is 8.78. The molecule has 8 rings (SSSR count). The Balaban J connectivity index is 1.08. The first kappa shape index (κ1) is 30.7. The minimum absolute atomic E-state index is 0.180. The van der Waals surface area contributed by atoms with Crippen LogP contribution in [0.25, 0.3) is 0 Å². The van der Waals surface area contributed by atoms with Crippen molar-refractivity contribution in [1.29, 1.82) is 0 Å². The number of hydrogen-bond acceptors (Lipinski definition) is 10. The summed E-state index contributed by atoms with van der Waals surface area (Å²) in [7, 11) is 9.99. The second-order valence-electron chi connectivity index (χ2n) is 11.4. The maximum Gasteiger partial charge on any atom is 0.263 e. The van der Waals surface area contributed by atoms with Gasteiger partial charge in [-0.05, 0) is 56.7 Å². The molecule has 43 heavy (non-hydrogen) atoms. The number of piperazine rings is 2. The molecule has 2 aromatic carbocycles. The largest absolute Gasteiger partial charge is 0.392 e. The lowest BCUT2D eigenvalue weighted by Gasteiger charge is -2.58. The van der Waals surface area contributed by atoms with Crippen LogP contribution in [0, 0.1) is 0 Å². The third kappa shape index (κ3) is 4.51. The molecule has 2 aromatic rings. The number of aliphatic hydroxyl groups is 2. The molecular formula is C29H32N4O6S4. The van der Waals surface area contributed by atoms with Gasteiger partial charge in [0.1, 0.15) is 0 Å². The summed E-state index contributed by atoms with van der Waals surface area (Å²) >= 11 is 0. The van der Waals surface area contributed by atoms with E-state index in [4.69, 9.17) is 0 Å². The van der Waals surface area contributed by atoms with Crippen molar-refractivity contribution in [1.82, 2.24) is 20.0 Å². The summed E-state index contributed by atoms with van der Waals surface area (Å²) in [6, 6.07) is 16.2. The number of hydrogen-bond donors (Lipinski definition) is 3. The van der Waals surface area contributed by atoms with E-state index in [-0.39, 0.29) is 23.6 Å². The normalized spacial score (nSPS) is 31.7. The fourth-order valence-corrected chi connectivity index (χ4v) is 12.9. The second-order valence-corrected chi connectivity index (χ2v) is 16.8. The lowest BCUT2D eigenvalue weighted by Crippen LogP contribution is -2.77. The van der Waals surface area contributed by atoms with Gasteiger partial charge in [-0.2, -0.15) is 0 Å². The Kier molecular flexibility index (Phi) is 7.78. The Morgan fingerprint density at radius 1 is 0.581 bits per heavy atom. The third-order valence-corrected chi connectivity index (χ3v) is 16.2. The number of nitrogens with zero attached hydrogens (tertiary/aromatic N) is 3. The first-order chi connectivity index (χ1) is 20.5. The van der Waals surface area contributed by atoms with Crippen LogP contribution < -0.4 is 5.32 Å². The second kappa shape index (κ2) is 10.9. The Hall–Kier alpha value is -2.36. The average Bonchev–Trinajstić information content (AvgIpc) is 3.02. The molecular weight excluding hydrogens is 629 g/mol. The highest BCUT2D eigenvalue weighted by Gasteiger charge is 2.67. The van der Waals surface area contributed by atoms with Crippen molar-refractivity contribution in [2.24, 2.45) is 0 Å². The number of carbonyl (C=O) groups excluding carboxylic acids is 4. The van der Waals surface area contributed by atoms with E-state index in [0.29, 0.717) is 12.8 Å². The van der Waals surface area contributed by atoms with Crippen LogP contribution in [-0.2, 0) is 44.9 Å². The van der Waals surface area contributed by atoms with E-state index < -0.39 is 32.7 Å². The molecule has 3 N–H and O–H groups in total. The molecule has 6 heterocycles. The molecule has 0 radical (unpaired) electrons. The predicted molar refractivity (Wildman–Crippen MR) is 170 cm³/mol. The standard InChI is InChI=1S/C29H32N4O6S4/c1-31-23(37)26(16-34)30-22(36)27(31,41-40-26)14-20-10-6-18(7-11-20)4-5-19-8-12-21(13-9-19)15-28-24(38)33(3)29(17-35,43-42-28)25(39)32(28)2/h6-13,34-35H,4-5,14-17H2,1-3H3,(H,30,36)/t26-,27-,28-,29-/m0/s1. The van der Waals surface area contributed by atoms with Crippen molar-refractivity contribution in [2.75, 3.05) is 34.4 Å².